The van der Waals surface area contributed by atoms with Gasteiger partial charge in [-0.25, -0.2) is 4.79 Å². The summed E-state index contributed by atoms with van der Waals surface area (Å²) < 4.78 is 0.888. The van der Waals surface area contributed by atoms with Gasteiger partial charge in [-0.15, -0.1) is 0 Å². The van der Waals surface area contributed by atoms with Gasteiger partial charge in [0.25, 0.3) is 0 Å². The maximum atomic E-state index is 13.6. The van der Waals surface area contributed by atoms with Crippen molar-refractivity contribution < 1.29 is 14.4 Å². The van der Waals surface area contributed by atoms with Crippen LogP contribution in [-0.2, 0) is 9.63 Å². The highest BCUT2D eigenvalue weighted by Gasteiger charge is 2.71. The van der Waals surface area contributed by atoms with Crippen LogP contribution in [0.25, 0.3) is 0 Å². The van der Waals surface area contributed by atoms with E-state index in [-0.39, 0.29) is 16.7 Å². The predicted octanol–water partition coefficient (Wildman–Crippen LogP) is 6.43. The van der Waals surface area contributed by atoms with Crippen LogP contribution in [0.15, 0.2) is 52.1 Å². The summed E-state index contributed by atoms with van der Waals surface area (Å²) in [6.07, 6.45) is 2.10. The average molecular weight is 497 g/mol. The molecule has 2 aliphatic rings. The van der Waals surface area contributed by atoms with Gasteiger partial charge in [-0.2, -0.15) is 0 Å². The van der Waals surface area contributed by atoms with E-state index in [0.29, 0.717) is 12.0 Å². The molecule has 0 aromatic heterocycles. The first kappa shape index (κ1) is 22.7. The molecule has 0 aliphatic heterocycles. The van der Waals surface area contributed by atoms with E-state index in [1.165, 1.54) is 5.56 Å². The number of hydrogen-bond donors (Lipinski definition) is 1. The van der Waals surface area contributed by atoms with Crippen molar-refractivity contribution in [3.05, 3.63) is 63.6 Å². The zero-order valence-corrected chi connectivity index (χ0v) is 20.8. The van der Waals surface area contributed by atoms with E-state index in [1.807, 2.05) is 25.1 Å². The van der Waals surface area contributed by atoms with Gasteiger partial charge in [0.2, 0.25) is 5.91 Å². The molecule has 2 aromatic carbocycles. The molecule has 0 spiro atoms. The van der Waals surface area contributed by atoms with Crippen LogP contribution in [-0.4, -0.2) is 17.6 Å². The van der Waals surface area contributed by atoms with Crippen LogP contribution in [0, 0.1) is 30.1 Å². The number of carbonyl (C=O) groups is 2. The van der Waals surface area contributed by atoms with Crippen LogP contribution in [0.4, 0.5) is 5.69 Å². The number of fused-ring (bicyclic) bond motifs is 2. The number of amides is 1. The Kier molecular flexibility index (Phi) is 5.56. The van der Waals surface area contributed by atoms with Crippen molar-refractivity contribution in [3.8, 4) is 0 Å². The minimum Gasteiger partial charge on any atom is -0.326 e. The van der Waals surface area contributed by atoms with Gasteiger partial charge in [-0.1, -0.05) is 47.9 Å². The number of hydrogen-bond acceptors (Lipinski definition) is 4. The fraction of sp³-hybridized carbons (Fsp3) is 0.423. The summed E-state index contributed by atoms with van der Waals surface area (Å²) in [5.74, 6) is -0.485. The molecule has 0 saturated heterocycles. The zero-order chi connectivity index (χ0) is 23.3. The van der Waals surface area contributed by atoms with E-state index < -0.39 is 11.4 Å². The molecular weight excluding hydrogens is 468 g/mol. The van der Waals surface area contributed by atoms with Gasteiger partial charge in [-0.3, -0.25) is 4.79 Å². The number of benzene rings is 2. The van der Waals surface area contributed by atoms with Crippen LogP contribution in [0.5, 0.6) is 0 Å². The zero-order valence-electron chi connectivity index (χ0n) is 19.2. The van der Waals surface area contributed by atoms with Gasteiger partial charge >= 0.3 is 5.97 Å². The number of carbonyl (C=O) groups excluding carboxylic acids is 2. The van der Waals surface area contributed by atoms with Gasteiger partial charge in [0.1, 0.15) is 0 Å². The Morgan fingerprint density at radius 2 is 1.69 bits per heavy atom. The van der Waals surface area contributed by atoms with Gasteiger partial charge in [0, 0.05) is 22.0 Å². The normalized spacial score (nSPS) is 26.9. The second kappa shape index (κ2) is 7.84. The molecule has 1 amide bonds. The third-order valence-corrected chi connectivity index (χ3v) is 8.78. The molecule has 2 aromatic rings. The molecule has 0 heterocycles. The first-order chi connectivity index (χ1) is 15.0. The topological polar surface area (TPSA) is 67.8 Å². The fourth-order valence-corrected chi connectivity index (χ4v) is 5.59. The third-order valence-electron chi connectivity index (χ3n) is 8.25. The number of oxime groups is 1. The minimum atomic E-state index is -0.594. The molecule has 4 rings (SSSR count). The predicted molar refractivity (Wildman–Crippen MR) is 130 cm³/mol. The summed E-state index contributed by atoms with van der Waals surface area (Å²) in [6, 6.07) is 12.9. The van der Waals surface area contributed by atoms with Crippen molar-refractivity contribution in [2.24, 2.45) is 21.4 Å². The Bertz CT molecular complexity index is 1120. The Hall–Kier alpha value is -2.47. The molecule has 2 fully saturated rings. The highest BCUT2D eigenvalue weighted by molar-refractivity contribution is 9.10. The van der Waals surface area contributed by atoms with E-state index in [4.69, 9.17) is 4.84 Å². The molecule has 0 radical (unpaired) electrons. The van der Waals surface area contributed by atoms with Crippen molar-refractivity contribution >= 4 is 39.2 Å². The minimum absolute atomic E-state index is 0.0129. The molecule has 2 unspecified atom stereocenters. The molecule has 168 valence electrons. The number of nitrogens with one attached hydrogen (secondary N) is 1. The van der Waals surface area contributed by atoms with Gasteiger partial charge in [-0.05, 0) is 79.6 Å². The lowest BCUT2D eigenvalue weighted by molar-refractivity contribution is -0.130. The highest BCUT2D eigenvalue weighted by Crippen LogP contribution is 2.71. The maximum absolute atomic E-state index is 13.6. The Labute approximate surface area is 197 Å². The number of aryl methyl sites for hydroxylation is 2. The smallest absolute Gasteiger partial charge is 0.326 e. The molecule has 2 bridgehead atoms. The lowest BCUT2D eigenvalue weighted by Crippen LogP contribution is -2.43. The second-order valence-electron chi connectivity index (χ2n) is 9.89. The van der Waals surface area contributed by atoms with Crippen LogP contribution in [0.2, 0.25) is 0 Å². The molecule has 1 N–H and O–H groups in total. The monoisotopic (exact) mass is 496 g/mol. The molecular formula is C26H29BrN2O3. The summed E-state index contributed by atoms with van der Waals surface area (Å²) in [5.41, 5.74) is 3.14. The van der Waals surface area contributed by atoms with Crippen molar-refractivity contribution in [3.63, 3.8) is 0 Å². The summed E-state index contributed by atoms with van der Waals surface area (Å²) in [4.78, 5) is 31.4. The summed E-state index contributed by atoms with van der Waals surface area (Å²) in [6.45, 7) is 10.5. The molecule has 32 heavy (non-hydrogen) atoms. The summed E-state index contributed by atoms with van der Waals surface area (Å²) in [5, 5.41) is 7.46. The van der Waals surface area contributed by atoms with Crippen molar-refractivity contribution in [2.75, 3.05) is 5.32 Å². The summed E-state index contributed by atoms with van der Waals surface area (Å²) in [7, 11) is 0. The van der Waals surface area contributed by atoms with Crippen LogP contribution >= 0.6 is 15.9 Å². The van der Waals surface area contributed by atoms with Gasteiger partial charge in [0.05, 0.1) is 16.7 Å². The van der Waals surface area contributed by atoms with E-state index in [9.17, 15) is 9.59 Å². The number of rotatable bonds is 4. The summed E-state index contributed by atoms with van der Waals surface area (Å²) >= 11 is 3.36. The van der Waals surface area contributed by atoms with Crippen LogP contribution in [0.1, 0.15) is 61.5 Å². The molecule has 2 saturated carbocycles. The Balaban J connectivity index is 1.58. The first-order valence-electron chi connectivity index (χ1n) is 10.9. The number of halogens is 1. The van der Waals surface area contributed by atoms with Crippen molar-refractivity contribution in [1.82, 2.24) is 0 Å². The lowest BCUT2D eigenvalue weighted by Gasteiger charge is -2.39. The standard InChI is InChI=1S/C26H29BrN2O3/c1-16-6-11-20(14-17(16)2)28-23(31)26-13-12-25(5,24(26,3)4)21(15-26)29-32-22(30)18-7-9-19(27)10-8-18/h6-11,14H,12-13,15H2,1-5H3,(H,28,31)/b29-21-. The number of nitrogens with zero attached hydrogens (tertiary/aromatic N) is 1. The third kappa shape index (κ3) is 3.40. The van der Waals surface area contributed by atoms with E-state index >= 15 is 0 Å². The van der Waals surface area contributed by atoms with Crippen LogP contribution < -0.4 is 5.32 Å². The largest absolute Gasteiger partial charge is 0.365 e. The van der Waals surface area contributed by atoms with Crippen LogP contribution in [0.3, 0.4) is 0 Å². The fourth-order valence-electron chi connectivity index (χ4n) is 5.33. The van der Waals surface area contributed by atoms with E-state index in [1.54, 1.807) is 24.3 Å². The lowest BCUT2D eigenvalue weighted by atomic mass is 9.64. The maximum Gasteiger partial charge on any atom is 0.365 e. The number of anilines is 1. The Morgan fingerprint density at radius 1 is 1.00 bits per heavy atom. The molecule has 6 heteroatoms. The molecule has 2 aliphatic carbocycles. The SMILES string of the molecule is Cc1ccc(NC(=O)C23CCC(C)(/C(=N\OC(=O)c4ccc(Br)cc4)C2)C3(C)C)cc1C. The van der Waals surface area contributed by atoms with Gasteiger partial charge in [0.15, 0.2) is 0 Å². The van der Waals surface area contributed by atoms with Gasteiger partial charge < -0.3 is 10.2 Å². The second-order valence-corrected chi connectivity index (χ2v) is 10.8. The molecule has 5 nitrogen and oxygen atoms in total. The van der Waals surface area contributed by atoms with E-state index in [2.05, 4.69) is 54.1 Å². The first-order valence-corrected chi connectivity index (χ1v) is 11.7. The Morgan fingerprint density at radius 3 is 2.34 bits per heavy atom. The van der Waals surface area contributed by atoms with Crippen molar-refractivity contribution in [1.29, 1.82) is 0 Å². The van der Waals surface area contributed by atoms with Crippen molar-refractivity contribution in [2.45, 2.75) is 53.9 Å². The average Bonchev–Trinajstić information content (AvgIpc) is 3.06. The molecule has 2 atom stereocenters. The highest BCUT2D eigenvalue weighted by atomic mass is 79.9. The quantitative estimate of drug-likeness (QED) is 0.391. The van der Waals surface area contributed by atoms with E-state index in [0.717, 1.165) is 34.3 Å².